The summed E-state index contributed by atoms with van der Waals surface area (Å²) in [6.07, 6.45) is 5.59. The summed E-state index contributed by atoms with van der Waals surface area (Å²) in [7, 11) is 0. The molecule has 0 aliphatic rings. The molecular weight excluding hydrogens is 488 g/mol. The number of allylic oxidation sites excluding steroid dienone is 1. The molecule has 1 unspecified atom stereocenters. The van der Waals surface area contributed by atoms with Crippen molar-refractivity contribution in [1.82, 2.24) is 30.5 Å². The van der Waals surface area contributed by atoms with Gasteiger partial charge in [0.25, 0.3) is 0 Å². The Morgan fingerprint density at radius 1 is 1.05 bits per heavy atom. The van der Waals surface area contributed by atoms with Crippen molar-refractivity contribution in [2.45, 2.75) is 39.3 Å². The van der Waals surface area contributed by atoms with E-state index in [1.807, 2.05) is 84.4 Å². The molecule has 5 aromatic rings. The Morgan fingerprint density at radius 2 is 1.79 bits per heavy atom. The van der Waals surface area contributed by atoms with Gasteiger partial charge in [0.2, 0.25) is 11.7 Å². The fourth-order valence-corrected chi connectivity index (χ4v) is 4.59. The van der Waals surface area contributed by atoms with Gasteiger partial charge < -0.3 is 14.6 Å². The molecule has 5 rings (SSSR count). The van der Waals surface area contributed by atoms with E-state index in [1.165, 1.54) is 5.56 Å². The van der Waals surface area contributed by atoms with Gasteiger partial charge in [0.05, 0.1) is 0 Å². The summed E-state index contributed by atoms with van der Waals surface area (Å²) in [5.74, 6) is 1.29. The van der Waals surface area contributed by atoms with Crippen LogP contribution in [0.3, 0.4) is 0 Å². The Hall–Kier alpha value is -4.72. The van der Waals surface area contributed by atoms with Crippen molar-refractivity contribution < 1.29 is 9.53 Å². The average molecular weight is 521 g/mol. The van der Waals surface area contributed by atoms with Crippen molar-refractivity contribution in [1.29, 1.82) is 0 Å². The SMILES string of the molecule is CCC(=Cc1cn(C(C)C(=O)NCCc2ccccc2)c2ccc(OCc3ccccc3)cc12)c1nn[nH]n1. The third-order valence-electron chi connectivity index (χ3n) is 6.78. The predicted molar refractivity (Wildman–Crippen MR) is 153 cm³/mol. The summed E-state index contributed by atoms with van der Waals surface area (Å²) in [4.78, 5) is 13.2. The van der Waals surface area contributed by atoms with E-state index in [0.717, 1.165) is 46.2 Å². The van der Waals surface area contributed by atoms with Crippen LogP contribution in [0.1, 0.15) is 48.8 Å². The monoisotopic (exact) mass is 520 g/mol. The number of hydrogen-bond acceptors (Lipinski definition) is 5. The van der Waals surface area contributed by atoms with E-state index >= 15 is 0 Å². The number of rotatable bonds is 11. The highest BCUT2D eigenvalue weighted by atomic mass is 16.5. The van der Waals surface area contributed by atoms with E-state index < -0.39 is 6.04 Å². The number of carbonyl (C=O) groups is 1. The van der Waals surface area contributed by atoms with Gasteiger partial charge in [0, 0.05) is 34.8 Å². The van der Waals surface area contributed by atoms with Crippen LogP contribution in [-0.2, 0) is 17.8 Å². The molecule has 2 N–H and O–H groups in total. The lowest BCUT2D eigenvalue weighted by Crippen LogP contribution is -2.32. The number of tetrazole rings is 1. The molecule has 0 saturated heterocycles. The third-order valence-corrected chi connectivity index (χ3v) is 6.78. The van der Waals surface area contributed by atoms with Gasteiger partial charge in [-0.15, -0.1) is 10.2 Å². The summed E-state index contributed by atoms with van der Waals surface area (Å²) in [5, 5.41) is 18.6. The van der Waals surface area contributed by atoms with Crippen molar-refractivity contribution in [3.05, 3.63) is 108 Å². The Bertz CT molecular complexity index is 1540. The fraction of sp³-hybridized carbons (Fsp3) is 0.226. The van der Waals surface area contributed by atoms with Crippen molar-refractivity contribution >= 4 is 28.5 Å². The zero-order valence-electron chi connectivity index (χ0n) is 22.2. The first-order valence-electron chi connectivity index (χ1n) is 13.2. The second-order valence-corrected chi connectivity index (χ2v) is 9.41. The highest BCUT2D eigenvalue weighted by Gasteiger charge is 2.19. The van der Waals surface area contributed by atoms with Gasteiger partial charge >= 0.3 is 0 Å². The number of H-pyrrole nitrogens is 1. The molecule has 8 nitrogen and oxygen atoms in total. The summed E-state index contributed by atoms with van der Waals surface area (Å²) < 4.78 is 8.14. The molecule has 8 heteroatoms. The van der Waals surface area contributed by atoms with Gasteiger partial charge in [-0.2, -0.15) is 5.21 Å². The third kappa shape index (κ3) is 6.23. The maximum atomic E-state index is 13.2. The molecule has 2 aromatic heterocycles. The van der Waals surface area contributed by atoms with Crippen LogP contribution in [0.4, 0.5) is 0 Å². The number of aromatic nitrogens is 5. The van der Waals surface area contributed by atoms with E-state index in [0.29, 0.717) is 19.0 Å². The van der Waals surface area contributed by atoms with Crippen LogP contribution in [-0.4, -0.2) is 37.6 Å². The van der Waals surface area contributed by atoms with Crippen LogP contribution in [0.2, 0.25) is 0 Å². The summed E-state index contributed by atoms with van der Waals surface area (Å²) in [6, 6.07) is 25.8. The van der Waals surface area contributed by atoms with Gasteiger partial charge in [-0.05, 0) is 60.4 Å². The minimum absolute atomic E-state index is 0.0309. The fourth-order valence-electron chi connectivity index (χ4n) is 4.59. The second-order valence-electron chi connectivity index (χ2n) is 9.41. The lowest BCUT2D eigenvalue weighted by atomic mass is 10.1. The maximum Gasteiger partial charge on any atom is 0.242 e. The van der Waals surface area contributed by atoms with Crippen LogP contribution >= 0.6 is 0 Å². The number of hydrogen-bond donors (Lipinski definition) is 2. The quantitative estimate of drug-likeness (QED) is 0.236. The number of amides is 1. The number of aromatic amines is 1. The molecule has 0 bridgehead atoms. The lowest BCUT2D eigenvalue weighted by Gasteiger charge is -2.16. The number of carbonyl (C=O) groups excluding carboxylic acids is 1. The minimum atomic E-state index is -0.406. The van der Waals surface area contributed by atoms with E-state index in [-0.39, 0.29) is 5.91 Å². The summed E-state index contributed by atoms with van der Waals surface area (Å²) in [5.41, 5.74) is 5.14. The maximum absolute atomic E-state index is 13.2. The first kappa shape index (κ1) is 25.9. The van der Waals surface area contributed by atoms with Gasteiger partial charge in [-0.3, -0.25) is 4.79 Å². The van der Waals surface area contributed by atoms with E-state index in [9.17, 15) is 4.79 Å². The normalized spacial score (nSPS) is 12.4. The van der Waals surface area contributed by atoms with Crippen LogP contribution in [0.15, 0.2) is 85.1 Å². The zero-order chi connectivity index (χ0) is 27.0. The standard InChI is InChI=1S/C31H32N6O2/c1-3-25(30-33-35-36-34-30)18-26-20-37(22(2)31(38)32-17-16-23-10-6-4-7-11-23)29-15-14-27(19-28(26)29)39-21-24-12-8-5-9-13-24/h4-15,18-20,22H,3,16-17,21H2,1-2H3,(H,32,38)(H,33,34,35,36). The number of benzene rings is 3. The van der Waals surface area contributed by atoms with E-state index in [1.54, 1.807) is 0 Å². The number of ether oxygens (including phenoxy) is 1. The highest BCUT2D eigenvalue weighted by molar-refractivity contribution is 5.96. The van der Waals surface area contributed by atoms with Gasteiger partial charge in [-0.25, -0.2) is 0 Å². The Morgan fingerprint density at radius 3 is 2.49 bits per heavy atom. The number of nitrogens with one attached hydrogen (secondary N) is 2. The van der Waals surface area contributed by atoms with Gasteiger partial charge in [0.1, 0.15) is 18.4 Å². The Balaban J connectivity index is 1.43. The van der Waals surface area contributed by atoms with Crippen molar-refractivity contribution in [3.63, 3.8) is 0 Å². The molecule has 0 spiro atoms. The molecular formula is C31H32N6O2. The zero-order valence-corrected chi connectivity index (χ0v) is 22.2. The molecule has 39 heavy (non-hydrogen) atoms. The molecule has 0 saturated carbocycles. The second kappa shape index (κ2) is 12.2. The highest BCUT2D eigenvalue weighted by Crippen LogP contribution is 2.32. The van der Waals surface area contributed by atoms with Crippen molar-refractivity contribution in [3.8, 4) is 5.75 Å². The molecule has 0 fully saturated rings. The molecule has 198 valence electrons. The van der Waals surface area contributed by atoms with Crippen LogP contribution in [0.5, 0.6) is 5.75 Å². The predicted octanol–water partition coefficient (Wildman–Crippen LogP) is 5.60. The number of nitrogens with zero attached hydrogens (tertiary/aromatic N) is 4. The van der Waals surface area contributed by atoms with Crippen LogP contribution in [0, 0.1) is 0 Å². The van der Waals surface area contributed by atoms with Crippen LogP contribution < -0.4 is 10.1 Å². The molecule has 0 aliphatic carbocycles. The largest absolute Gasteiger partial charge is 0.489 e. The molecule has 3 aromatic carbocycles. The Kier molecular flexibility index (Phi) is 8.12. The van der Waals surface area contributed by atoms with Crippen molar-refractivity contribution in [2.24, 2.45) is 0 Å². The lowest BCUT2D eigenvalue weighted by molar-refractivity contribution is -0.123. The van der Waals surface area contributed by atoms with Gasteiger partial charge in [0.15, 0.2) is 0 Å². The number of fused-ring (bicyclic) bond motifs is 1. The van der Waals surface area contributed by atoms with Crippen molar-refractivity contribution in [2.75, 3.05) is 6.54 Å². The molecule has 0 radical (unpaired) electrons. The molecule has 1 amide bonds. The van der Waals surface area contributed by atoms with E-state index in [4.69, 9.17) is 4.74 Å². The van der Waals surface area contributed by atoms with Gasteiger partial charge in [-0.1, -0.05) is 67.6 Å². The smallest absolute Gasteiger partial charge is 0.242 e. The Labute approximate surface area is 227 Å². The molecule has 2 heterocycles. The summed E-state index contributed by atoms with van der Waals surface area (Å²) in [6.45, 7) is 5.03. The minimum Gasteiger partial charge on any atom is -0.489 e. The molecule has 1 atom stereocenters. The first-order valence-corrected chi connectivity index (χ1v) is 13.2. The topological polar surface area (TPSA) is 97.7 Å². The first-order chi connectivity index (χ1) is 19.1. The van der Waals surface area contributed by atoms with Crippen LogP contribution in [0.25, 0.3) is 22.6 Å². The summed E-state index contributed by atoms with van der Waals surface area (Å²) >= 11 is 0. The average Bonchev–Trinajstić information content (AvgIpc) is 3.64. The van der Waals surface area contributed by atoms with E-state index in [2.05, 4.69) is 51.1 Å². The molecule has 0 aliphatic heterocycles.